The van der Waals surface area contributed by atoms with Gasteiger partial charge in [0, 0.05) is 18.3 Å². The Morgan fingerprint density at radius 1 is 1.69 bits per heavy atom. The average Bonchev–Trinajstić information content (AvgIpc) is 2.77. The third-order valence-corrected chi connectivity index (χ3v) is 2.91. The highest BCUT2D eigenvalue weighted by Crippen LogP contribution is 2.23. The topological polar surface area (TPSA) is 79.5 Å². The molecule has 2 heterocycles. The average molecular weight is 221 g/mol. The molecule has 1 unspecified atom stereocenters. The normalized spacial score (nSPS) is 20.1. The number of rotatable bonds is 3. The molecule has 1 aliphatic heterocycles. The monoisotopic (exact) mass is 221 g/mol. The molecule has 1 saturated heterocycles. The molecule has 1 fully saturated rings. The highest BCUT2D eigenvalue weighted by Gasteiger charge is 2.25. The molecule has 5 heteroatoms. The van der Waals surface area contributed by atoms with Gasteiger partial charge in [-0.15, -0.1) is 0 Å². The second kappa shape index (κ2) is 4.49. The number of aliphatic hydroxyl groups excluding tert-OH is 1. The number of hydrogen-bond donors (Lipinski definition) is 2. The van der Waals surface area contributed by atoms with Crippen molar-refractivity contribution in [2.45, 2.75) is 18.9 Å². The van der Waals surface area contributed by atoms with Crippen molar-refractivity contribution < 1.29 is 9.90 Å². The third kappa shape index (κ3) is 1.99. The number of aromatic nitrogens is 1. The first kappa shape index (κ1) is 10.9. The Kier molecular flexibility index (Phi) is 3.05. The van der Waals surface area contributed by atoms with E-state index in [0.29, 0.717) is 11.4 Å². The van der Waals surface area contributed by atoms with Crippen LogP contribution in [0.1, 0.15) is 23.2 Å². The van der Waals surface area contributed by atoms with Crippen molar-refractivity contribution in [3.05, 3.63) is 23.9 Å². The molecular formula is C11H15N3O2. The van der Waals surface area contributed by atoms with Gasteiger partial charge in [0.15, 0.2) is 0 Å². The summed E-state index contributed by atoms with van der Waals surface area (Å²) in [6.45, 7) is 0.975. The smallest absolute Gasteiger partial charge is 0.248 e. The Morgan fingerprint density at radius 3 is 3.19 bits per heavy atom. The summed E-state index contributed by atoms with van der Waals surface area (Å²) in [6.07, 6.45) is 3.56. The summed E-state index contributed by atoms with van der Waals surface area (Å²) in [5, 5.41) is 9.22. The summed E-state index contributed by atoms with van der Waals surface area (Å²) in [5.74, 6) is 0.260. The molecule has 0 radical (unpaired) electrons. The molecule has 1 amide bonds. The zero-order valence-electron chi connectivity index (χ0n) is 8.97. The van der Waals surface area contributed by atoms with Crippen LogP contribution in [0.3, 0.4) is 0 Å². The fraction of sp³-hybridized carbons (Fsp3) is 0.455. The van der Waals surface area contributed by atoms with E-state index in [2.05, 4.69) is 4.98 Å². The minimum atomic E-state index is -0.455. The summed E-state index contributed by atoms with van der Waals surface area (Å²) in [7, 11) is 0. The maximum Gasteiger partial charge on any atom is 0.248 e. The molecule has 0 aliphatic carbocycles. The van der Waals surface area contributed by atoms with Crippen molar-refractivity contribution in [1.29, 1.82) is 0 Å². The number of aliphatic hydroxyl groups is 1. The molecule has 0 aromatic carbocycles. The Balaban J connectivity index is 2.26. The maximum atomic E-state index is 11.0. The van der Waals surface area contributed by atoms with Crippen molar-refractivity contribution in [2.75, 3.05) is 18.1 Å². The standard InChI is InChI=1S/C11H15N3O2/c12-11(16)8-3-4-13-10(6-8)14-5-1-2-9(14)7-15/h3-4,6,9,15H,1-2,5,7H2,(H2,12,16). The molecule has 16 heavy (non-hydrogen) atoms. The molecule has 1 atom stereocenters. The van der Waals surface area contributed by atoms with E-state index >= 15 is 0 Å². The minimum absolute atomic E-state index is 0.107. The Labute approximate surface area is 93.9 Å². The first-order chi connectivity index (χ1) is 7.72. The number of amides is 1. The number of nitrogens with zero attached hydrogens (tertiary/aromatic N) is 2. The first-order valence-corrected chi connectivity index (χ1v) is 5.35. The molecule has 3 N–H and O–H groups in total. The second-order valence-corrected chi connectivity index (χ2v) is 3.94. The number of primary amides is 1. The fourth-order valence-corrected chi connectivity index (χ4v) is 2.06. The highest BCUT2D eigenvalue weighted by atomic mass is 16.3. The van der Waals surface area contributed by atoms with Gasteiger partial charge in [-0.2, -0.15) is 0 Å². The van der Waals surface area contributed by atoms with Gasteiger partial charge in [0.2, 0.25) is 5.91 Å². The molecule has 1 aromatic heterocycles. The van der Waals surface area contributed by atoms with Crippen LogP contribution in [-0.4, -0.2) is 35.2 Å². The molecule has 0 bridgehead atoms. The number of hydrogen-bond acceptors (Lipinski definition) is 4. The number of anilines is 1. The van der Waals surface area contributed by atoms with E-state index in [1.54, 1.807) is 18.3 Å². The van der Waals surface area contributed by atoms with Crippen LogP contribution in [0.2, 0.25) is 0 Å². The van der Waals surface area contributed by atoms with E-state index in [1.165, 1.54) is 0 Å². The molecule has 1 aromatic rings. The van der Waals surface area contributed by atoms with Gasteiger partial charge < -0.3 is 15.7 Å². The van der Waals surface area contributed by atoms with Crippen molar-refractivity contribution in [1.82, 2.24) is 4.98 Å². The number of carbonyl (C=O) groups excluding carboxylic acids is 1. The van der Waals surface area contributed by atoms with Crippen LogP contribution in [0.25, 0.3) is 0 Å². The van der Waals surface area contributed by atoms with Gasteiger partial charge in [-0.1, -0.05) is 0 Å². The van der Waals surface area contributed by atoms with E-state index in [-0.39, 0.29) is 12.6 Å². The van der Waals surface area contributed by atoms with Crippen LogP contribution in [0.5, 0.6) is 0 Å². The second-order valence-electron chi connectivity index (χ2n) is 3.94. The fourth-order valence-electron chi connectivity index (χ4n) is 2.06. The molecule has 5 nitrogen and oxygen atoms in total. The van der Waals surface area contributed by atoms with Crippen molar-refractivity contribution in [3.63, 3.8) is 0 Å². The predicted octanol–water partition coefficient (Wildman–Crippen LogP) is 0.142. The maximum absolute atomic E-state index is 11.0. The summed E-state index contributed by atoms with van der Waals surface area (Å²) >= 11 is 0. The Bertz CT molecular complexity index is 395. The predicted molar refractivity (Wildman–Crippen MR) is 60.2 cm³/mol. The highest BCUT2D eigenvalue weighted by molar-refractivity contribution is 5.93. The summed E-state index contributed by atoms with van der Waals surface area (Å²) in [6, 6.07) is 3.38. The quantitative estimate of drug-likeness (QED) is 0.761. The zero-order chi connectivity index (χ0) is 11.5. The number of carbonyl (C=O) groups is 1. The van der Waals surface area contributed by atoms with Crippen LogP contribution in [-0.2, 0) is 0 Å². The number of pyridine rings is 1. The number of nitrogens with two attached hydrogens (primary N) is 1. The van der Waals surface area contributed by atoms with Crippen LogP contribution in [0.4, 0.5) is 5.82 Å². The van der Waals surface area contributed by atoms with Gasteiger partial charge in [0.25, 0.3) is 0 Å². The first-order valence-electron chi connectivity index (χ1n) is 5.35. The van der Waals surface area contributed by atoms with Crippen LogP contribution in [0, 0.1) is 0 Å². The van der Waals surface area contributed by atoms with Crippen LogP contribution >= 0.6 is 0 Å². The Morgan fingerprint density at radius 2 is 2.50 bits per heavy atom. The van der Waals surface area contributed by atoms with Crippen molar-refractivity contribution in [2.24, 2.45) is 5.73 Å². The summed E-state index contributed by atoms with van der Waals surface area (Å²) in [5.41, 5.74) is 5.67. The van der Waals surface area contributed by atoms with E-state index in [0.717, 1.165) is 19.4 Å². The molecule has 2 rings (SSSR count). The Hall–Kier alpha value is -1.62. The SMILES string of the molecule is NC(=O)c1ccnc(N2CCCC2CO)c1. The van der Waals surface area contributed by atoms with Gasteiger partial charge in [0.05, 0.1) is 12.6 Å². The van der Waals surface area contributed by atoms with E-state index in [9.17, 15) is 9.90 Å². The lowest BCUT2D eigenvalue weighted by Gasteiger charge is -2.24. The van der Waals surface area contributed by atoms with Crippen molar-refractivity contribution in [3.8, 4) is 0 Å². The van der Waals surface area contributed by atoms with Gasteiger partial charge in [-0.05, 0) is 25.0 Å². The van der Waals surface area contributed by atoms with Crippen LogP contribution < -0.4 is 10.6 Å². The van der Waals surface area contributed by atoms with Crippen molar-refractivity contribution >= 4 is 11.7 Å². The summed E-state index contributed by atoms with van der Waals surface area (Å²) in [4.78, 5) is 17.3. The lowest BCUT2D eigenvalue weighted by molar-refractivity contribution is 0.1000. The molecule has 86 valence electrons. The third-order valence-electron chi connectivity index (χ3n) is 2.91. The molecule has 0 spiro atoms. The van der Waals surface area contributed by atoms with Gasteiger partial charge >= 0.3 is 0 Å². The van der Waals surface area contributed by atoms with E-state index in [4.69, 9.17) is 5.73 Å². The lowest BCUT2D eigenvalue weighted by atomic mass is 10.2. The largest absolute Gasteiger partial charge is 0.394 e. The summed E-state index contributed by atoms with van der Waals surface area (Å²) < 4.78 is 0. The molecular weight excluding hydrogens is 206 g/mol. The molecule has 1 aliphatic rings. The lowest BCUT2D eigenvalue weighted by Crippen LogP contribution is -2.32. The molecule has 0 saturated carbocycles. The van der Waals surface area contributed by atoms with Gasteiger partial charge in [-0.3, -0.25) is 4.79 Å². The van der Waals surface area contributed by atoms with E-state index < -0.39 is 5.91 Å². The van der Waals surface area contributed by atoms with Gasteiger partial charge in [-0.25, -0.2) is 4.98 Å². The van der Waals surface area contributed by atoms with E-state index in [1.807, 2.05) is 4.90 Å². The van der Waals surface area contributed by atoms with Crippen LogP contribution in [0.15, 0.2) is 18.3 Å². The minimum Gasteiger partial charge on any atom is -0.394 e. The van der Waals surface area contributed by atoms with Gasteiger partial charge in [0.1, 0.15) is 5.82 Å². The zero-order valence-corrected chi connectivity index (χ0v) is 8.97.